The van der Waals surface area contributed by atoms with Gasteiger partial charge in [0.2, 0.25) is 5.91 Å². The van der Waals surface area contributed by atoms with E-state index in [2.05, 4.69) is 5.32 Å². The first-order chi connectivity index (χ1) is 9.18. The Bertz CT molecular complexity index is 330. The van der Waals surface area contributed by atoms with Crippen molar-refractivity contribution in [2.24, 2.45) is 0 Å². The fourth-order valence-electron chi connectivity index (χ4n) is 2.76. The van der Waals surface area contributed by atoms with Crippen molar-refractivity contribution in [1.29, 1.82) is 0 Å². The molecule has 0 radical (unpaired) electrons. The lowest BCUT2D eigenvalue weighted by Gasteiger charge is -2.37. The number of hydrogen-bond acceptors (Lipinski definition) is 4. The summed E-state index contributed by atoms with van der Waals surface area (Å²) in [5, 5.41) is 12.3. The van der Waals surface area contributed by atoms with E-state index in [1.165, 1.54) is 6.42 Å². The van der Waals surface area contributed by atoms with Crippen molar-refractivity contribution in [3.05, 3.63) is 0 Å². The lowest BCUT2D eigenvalue weighted by Crippen LogP contribution is -2.54. The lowest BCUT2D eigenvalue weighted by atomic mass is 10.1. The normalized spacial score (nSPS) is 28.7. The summed E-state index contributed by atoms with van der Waals surface area (Å²) in [7, 11) is 0. The van der Waals surface area contributed by atoms with Crippen LogP contribution in [0.2, 0.25) is 0 Å². The van der Waals surface area contributed by atoms with Crippen LogP contribution in [0.3, 0.4) is 0 Å². The zero-order valence-electron chi connectivity index (χ0n) is 11.1. The largest absolute Gasteiger partial charge is 0.481 e. The molecule has 2 fully saturated rings. The highest BCUT2D eigenvalue weighted by Crippen LogP contribution is 2.21. The van der Waals surface area contributed by atoms with E-state index < -0.39 is 5.97 Å². The van der Waals surface area contributed by atoms with Gasteiger partial charge < -0.3 is 15.3 Å². The number of thioether (sulfide) groups is 1. The van der Waals surface area contributed by atoms with Crippen LogP contribution in [0.1, 0.15) is 32.1 Å². The smallest absolute Gasteiger partial charge is 0.305 e. The molecule has 2 heterocycles. The van der Waals surface area contributed by atoms with E-state index in [4.69, 9.17) is 5.11 Å². The molecule has 2 aliphatic heterocycles. The molecule has 2 rings (SSSR count). The molecule has 0 spiro atoms. The van der Waals surface area contributed by atoms with Gasteiger partial charge in [0.1, 0.15) is 0 Å². The summed E-state index contributed by atoms with van der Waals surface area (Å²) in [6.45, 7) is 1.57. The van der Waals surface area contributed by atoms with Crippen molar-refractivity contribution < 1.29 is 14.7 Å². The highest BCUT2D eigenvalue weighted by Gasteiger charge is 2.32. The molecule has 5 nitrogen and oxygen atoms in total. The van der Waals surface area contributed by atoms with Crippen LogP contribution in [0.15, 0.2) is 0 Å². The quantitative estimate of drug-likeness (QED) is 0.808. The molecule has 6 heteroatoms. The lowest BCUT2D eigenvalue weighted by molar-refractivity contribution is -0.141. The molecule has 0 saturated carbocycles. The van der Waals surface area contributed by atoms with Gasteiger partial charge in [-0.1, -0.05) is 12.8 Å². The number of rotatable bonds is 3. The summed E-state index contributed by atoms with van der Waals surface area (Å²) in [4.78, 5) is 25.3. The number of hydrogen-bond donors (Lipinski definition) is 2. The van der Waals surface area contributed by atoms with Gasteiger partial charge >= 0.3 is 5.97 Å². The highest BCUT2D eigenvalue weighted by atomic mass is 32.2. The number of carboxylic acids is 1. The van der Waals surface area contributed by atoms with Crippen LogP contribution in [0.4, 0.5) is 0 Å². The number of nitrogens with zero attached hydrogens (tertiary/aromatic N) is 1. The van der Waals surface area contributed by atoms with E-state index in [0.717, 1.165) is 37.3 Å². The van der Waals surface area contributed by atoms with Crippen LogP contribution in [0.5, 0.6) is 0 Å². The second-order valence-electron chi connectivity index (χ2n) is 5.21. The van der Waals surface area contributed by atoms with Gasteiger partial charge in [0, 0.05) is 18.1 Å². The van der Waals surface area contributed by atoms with E-state index >= 15 is 0 Å². The summed E-state index contributed by atoms with van der Waals surface area (Å²) in [6.07, 6.45) is 4.31. The van der Waals surface area contributed by atoms with Crippen LogP contribution >= 0.6 is 11.8 Å². The van der Waals surface area contributed by atoms with Gasteiger partial charge in [-0.15, -0.1) is 0 Å². The number of carboxylic acid groups (broad SMARTS) is 1. The molecule has 0 aromatic carbocycles. The third-order valence-electron chi connectivity index (χ3n) is 3.78. The van der Waals surface area contributed by atoms with Gasteiger partial charge in [0.15, 0.2) is 0 Å². The van der Waals surface area contributed by atoms with Crippen molar-refractivity contribution in [1.82, 2.24) is 10.2 Å². The average molecular weight is 286 g/mol. The number of aliphatic carboxylic acids is 1. The van der Waals surface area contributed by atoms with Crippen molar-refractivity contribution in [3.63, 3.8) is 0 Å². The molecule has 2 unspecified atom stereocenters. The standard InChI is InChI=1S/C13H22N2O3S/c16-12(17)8-10-9-19-7-6-15(10)13(18)11-4-2-1-3-5-14-11/h10-11,14H,1-9H2,(H,16,17). The minimum absolute atomic E-state index is 0.0610. The van der Waals surface area contributed by atoms with Crippen molar-refractivity contribution in [2.45, 2.75) is 44.2 Å². The third-order valence-corrected chi connectivity index (χ3v) is 4.87. The molecule has 0 aromatic rings. The maximum atomic E-state index is 12.6. The molecule has 0 aromatic heterocycles. The van der Waals surface area contributed by atoms with Crippen molar-refractivity contribution >= 4 is 23.6 Å². The third kappa shape index (κ3) is 4.11. The molecule has 19 heavy (non-hydrogen) atoms. The molecule has 2 aliphatic rings. The Morgan fingerprint density at radius 3 is 2.95 bits per heavy atom. The fourth-order valence-corrected chi connectivity index (χ4v) is 3.82. The van der Waals surface area contributed by atoms with E-state index in [1.54, 1.807) is 16.7 Å². The first-order valence-corrected chi connectivity index (χ1v) is 8.17. The van der Waals surface area contributed by atoms with Gasteiger partial charge in [-0.2, -0.15) is 11.8 Å². The maximum absolute atomic E-state index is 12.6. The van der Waals surface area contributed by atoms with Gasteiger partial charge in [0.05, 0.1) is 18.5 Å². The number of amides is 1. The SMILES string of the molecule is O=C(O)CC1CSCCN1C(=O)C1CCCCCN1. The Morgan fingerprint density at radius 1 is 1.32 bits per heavy atom. The molecule has 1 amide bonds. The van der Waals surface area contributed by atoms with Gasteiger partial charge in [-0.3, -0.25) is 9.59 Å². The summed E-state index contributed by atoms with van der Waals surface area (Å²) >= 11 is 1.74. The van der Waals surface area contributed by atoms with Crippen LogP contribution in [-0.2, 0) is 9.59 Å². The Balaban J connectivity index is 1.99. The van der Waals surface area contributed by atoms with E-state index in [0.29, 0.717) is 6.54 Å². The molecule has 2 saturated heterocycles. The first-order valence-electron chi connectivity index (χ1n) is 7.02. The Morgan fingerprint density at radius 2 is 2.16 bits per heavy atom. The monoisotopic (exact) mass is 286 g/mol. The minimum atomic E-state index is -0.820. The molecule has 108 valence electrons. The highest BCUT2D eigenvalue weighted by molar-refractivity contribution is 7.99. The van der Waals surface area contributed by atoms with E-state index in [9.17, 15) is 9.59 Å². The van der Waals surface area contributed by atoms with Crippen LogP contribution in [0, 0.1) is 0 Å². The maximum Gasteiger partial charge on any atom is 0.305 e. The topological polar surface area (TPSA) is 69.6 Å². The molecule has 2 atom stereocenters. The molecule has 2 N–H and O–H groups in total. The second-order valence-corrected chi connectivity index (χ2v) is 6.36. The minimum Gasteiger partial charge on any atom is -0.481 e. The zero-order chi connectivity index (χ0) is 13.7. The van der Waals surface area contributed by atoms with E-state index in [1.807, 2.05) is 0 Å². The summed E-state index contributed by atoms with van der Waals surface area (Å²) < 4.78 is 0. The Hall–Kier alpha value is -0.750. The van der Waals surface area contributed by atoms with Gasteiger partial charge in [-0.25, -0.2) is 0 Å². The second kappa shape index (κ2) is 7.14. The molecular weight excluding hydrogens is 264 g/mol. The summed E-state index contributed by atoms with van der Waals surface area (Å²) in [5.41, 5.74) is 0. The van der Waals surface area contributed by atoms with Crippen LogP contribution in [0.25, 0.3) is 0 Å². The number of carbonyl (C=O) groups is 2. The summed E-state index contributed by atoms with van der Waals surface area (Å²) in [6, 6.07) is -0.254. The van der Waals surface area contributed by atoms with Crippen molar-refractivity contribution in [2.75, 3.05) is 24.6 Å². The van der Waals surface area contributed by atoms with Crippen LogP contribution < -0.4 is 5.32 Å². The average Bonchev–Trinajstić information content (AvgIpc) is 2.67. The molecular formula is C13H22N2O3S. The number of carbonyl (C=O) groups excluding carboxylic acids is 1. The predicted octanol–water partition coefficient (Wildman–Crippen LogP) is 0.937. The Kier molecular flexibility index (Phi) is 5.51. The first kappa shape index (κ1) is 14.7. The van der Waals surface area contributed by atoms with Crippen molar-refractivity contribution in [3.8, 4) is 0 Å². The van der Waals surface area contributed by atoms with E-state index in [-0.39, 0.29) is 24.4 Å². The fraction of sp³-hybridized carbons (Fsp3) is 0.846. The zero-order valence-corrected chi connectivity index (χ0v) is 12.0. The van der Waals surface area contributed by atoms with Gasteiger partial charge in [-0.05, 0) is 19.4 Å². The molecule has 0 aliphatic carbocycles. The summed E-state index contributed by atoms with van der Waals surface area (Å²) in [5.74, 6) is 0.937. The van der Waals surface area contributed by atoms with Gasteiger partial charge in [0.25, 0.3) is 0 Å². The number of nitrogens with one attached hydrogen (secondary N) is 1. The van der Waals surface area contributed by atoms with Crippen LogP contribution in [-0.4, -0.2) is 58.6 Å². The molecule has 0 bridgehead atoms. The Labute approximate surface area is 118 Å². The predicted molar refractivity (Wildman–Crippen MR) is 75.3 cm³/mol.